The zero-order valence-electron chi connectivity index (χ0n) is 22.5. The Labute approximate surface area is 248 Å². The molecule has 6 aromatic heterocycles. The average molecular weight is 589 g/mol. The summed E-state index contributed by atoms with van der Waals surface area (Å²) in [6.07, 6.45) is 0. The Hall–Kier alpha value is -3.42. The Morgan fingerprint density at radius 1 is 0.350 bits per heavy atom. The van der Waals surface area contributed by atoms with E-state index in [1.807, 2.05) is 45.3 Å². The van der Waals surface area contributed by atoms with Crippen LogP contribution in [0.3, 0.4) is 0 Å². The SMILES string of the molecule is Cc1ccc(-c2nc(-c3ccc(C)s3)c3ccc4c(-c5ccc(C)s5)nc(-c5ccc(C)s5)c5ccc2c3c54)s1. The Morgan fingerprint density at radius 2 is 0.600 bits per heavy atom. The van der Waals surface area contributed by atoms with Crippen LogP contribution in [0.2, 0.25) is 0 Å². The third kappa shape index (κ3) is 3.71. The molecule has 0 amide bonds. The molecule has 0 unspecified atom stereocenters. The largest absolute Gasteiger partial charge is 0.245 e. The number of pyridine rings is 2. The number of thiophene rings is 4. The van der Waals surface area contributed by atoms with Crippen LogP contribution in [0.25, 0.3) is 74.6 Å². The zero-order chi connectivity index (χ0) is 27.1. The van der Waals surface area contributed by atoms with Gasteiger partial charge in [0, 0.05) is 51.8 Å². The number of hydrogen-bond acceptors (Lipinski definition) is 6. The second kappa shape index (κ2) is 9.05. The van der Waals surface area contributed by atoms with Gasteiger partial charge in [-0.2, -0.15) is 0 Å². The van der Waals surface area contributed by atoms with Crippen LogP contribution >= 0.6 is 45.3 Å². The fraction of sp³-hybridized carbons (Fsp3) is 0.118. The highest BCUT2D eigenvalue weighted by Gasteiger charge is 2.24. The summed E-state index contributed by atoms with van der Waals surface area (Å²) in [5, 5.41) is 7.41. The first kappa shape index (κ1) is 24.4. The Bertz CT molecular complexity index is 1920. The molecule has 8 aromatic rings. The minimum atomic E-state index is 1.07. The molecule has 0 saturated carbocycles. The van der Waals surface area contributed by atoms with E-state index in [-0.39, 0.29) is 0 Å². The lowest BCUT2D eigenvalue weighted by atomic mass is 9.90. The van der Waals surface area contributed by atoms with Crippen molar-refractivity contribution in [2.24, 2.45) is 0 Å². The lowest BCUT2D eigenvalue weighted by molar-refractivity contribution is 1.39. The summed E-state index contributed by atoms with van der Waals surface area (Å²) in [5.41, 5.74) is 4.28. The van der Waals surface area contributed by atoms with Crippen LogP contribution in [0.15, 0.2) is 72.8 Å². The predicted molar refractivity (Wildman–Crippen MR) is 178 cm³/mol. The first-order valence-corrected chi connectivity index (χ1v) is 16.5. The standard InChI is InChI=1S/C34H24N2S4/c1-17-5-13-25(37-17)31-21-9-10-23-30-24(12-11-22(29(21)30)32(35-31)26-14-6-18(2)38-26)34(28-16-8-20(4)40-28)36-33(23)27-15-7-19(3)39-27/h5-16H,1-4H3. The maximum atomic E-state index is 5.40. The molecule has 0 spiro atoms. The van der Waals surface area contributed by atoms with Gasteiger partial charge >= 0.3 is 0 Å². The van der Waals surface area contributed by atoms with Gasteiger partial charge in [0.1, 0.15) is 0 Å². The molecule has 0 radical (unpaired) electrons. The van der Waals surface area contributed by atoms with Crippen molar-refractivity contribution in [2.45, 2.75) is 27.7 Å². The number of benzene rings is 2. The smallest absolute Gasteiger partial charge is 0.0888 e. The van der Waals surface area contributed by atoms with Gasteiger partial charge in [0.05, 0.1) is 42.3 Å². The number of hydrogen-bond donors (Lipinski definition) is 0. The summed E-state index contributed by atoms with van der Waals surface area (Å²) in [5.74, 6) is 0. The van der Waals surface area contributed by atoms with Crippen molar-refractivity contribution in [3.8, 4) is 42.3 Å². The predicted octanol–water partition coefficient (Wildman–Crippen LogP) is 11.5. The highest BCUT2D eigenvalue weighted by molar-refractivity contribution is 7.16. The molecule has 40 heavy (non-hydrogen) atoms. The van der Waals surface area contributed by atoms with E-state index < -0.39 is 0 Å². The highest BCUT2D eigenvalue weighted by atomic mass is 32.1. The van der Waals surface area contributed by atoms with Crippen LogP contribution in [-0.2, 0) is 0 Å². The summed E-state index contributed by atoms with van der Waals surface area (Å²) < 4.78 is 0. The quantitative estimate of drug-likeness (QED) is 0.191. The van der Waals surface area contributed by atoms with Crippen molar-refractivity contribution in [3.05, 3.63) is 92.3 Å². The Kier molecular flexibility index (Phi) is 5.51. The molecule has 6 heterocycles. The maximum absolute atomic E-state index is 5.40. The van der Waals surface area contributed by atoms with Crippen molar-refractivity contribution in [3.63, 3.8) is 0 Å². The molecule has 0 fully saturated rings. The van der Waals surface area contributed by atoms with E-state index in [2.05, 4.69) is 100 Å². The molecular formula is C34H24N2S4. The molecule has 8 rings (SSSR count). The summed E-state index contributed by atoms with van der Waals surface area (Å²) in [4.78, 5) is 20.8. The molecule has 0 bridgehead atoms. The molecule has 0 atom stereocenters. The molecule has 194 valence electrons. The van der Waals surface area contributed by atoms with Crippen molar-refractivity contribution in [1.29, 1.82) is 0 Å². The highest BCUT2D eigenvalue weighted by Crippen LogP contribution is 2.48. The second-order valence-electron chi connectivity index (χ2n) is 10.3. The van der Waals surface area contributed by atoms with Gasteiger partial charge in [0.25, 0.3) is 0 Å². The third-order valence-electron chi connectivity index (χ3n) is 7.52. The van der Waals surface area contributed by atoms with Gasteiger partial charge < -0.3 is 0 Å². The molecular weight excluding hydrogens is 565 g/mol. The molecule has 6 heteroatoms. The van der Waals surface area contributed by atoms with Crippen LogP contribution in [-0.4, -0.2) is 9.97 Å². The summed E-state index contributed by atoms with van der Waals surface area (Å²) in [6, 6.07) is 26.8. The number of rotatable bonds is 4. The lowest BCUT2D eigenvalue weighted by Crippen LogP contribution is -1.97. The Balaban J connectivity index is 1.59. The van der Waals surface area contributed by atoms with Gasteiger partial charge in [0.15, 0.2) is 0 Å². The molecule has 0 aliphatic heterocycles. The normalized spacial score (nSPS) is 12.0. The van der Waals surface area contributed by atoms with E-state index in [0.29, 0.717) is 0 Å². The molecule has 0 aliphatic carbocycles. The van der Waals surface area contributed by atoms with E-state index in [4.69, 9.17) is 9.97 Å². The minimum absolute atomic E-state index is 1.07. The van der Waals surface area contributed by atoms with E-state index >= 15 is 0 Å². The lowest BCUT2D eigenvalue weighted by Gasteiger charge is -2.18. The topological polar surface area (TPSA) is 25.8 Å². The zero-order valence-corrected chi connectivity index (χ0v) is 25.7. The first-order valence-electron chi connectivity index (χ1n) is 13.2. The summed E-state index contributed by atoms with van der Waals surface area (Å²) in [7, 11) is 0. The van der Waals surface area contributed by atoms with Gasteiger partial charge in [-0.25, -0.2) is 9.97 Å². The fourth-order valence-corrected chi connectivity index (χ4v) is 9.23. The van der Waals surface area contributed by atoms with Gasteiger partial charge in [-0.15, -0.1) is 45.3 Å². The monoisotopic (exact) mass is 588 g/mol. The number of aromatic nitrogens is 2. The molecule has 0 N–H and O–H groups in total. The van der Waals surface area contributed by atoms with Crippen LogP contribution in [0.5, 0.6) is 0 Å². The van der Waals surface area contributed by atoms with E-state index in [0.717, 1.165) is 22.8 Å². The second-order valence-corrected chi connectivity index (χ2v) is 15.5. The molecule has 0 saturated heterocycles. The van der Waals surface area contributed by atoms with Crippen molar-refractivity contribution < 1.29 is 0 Å². The van der Waals surface area contributed by atoms with Crippen molar-refractivity contribution >= 4 is 77.7 Å². The fourth-order valence-electron chi connectivity index (χ4n) is 5.75. The number of nitrogens with zero attached hydrogens (tertiary/aromatic N) is 2. The molecule has 2 nitrogen and oxygen atoms in total. The first-order chi connectivity index (χ1) is 19.4. The summed E-state index contributed by atoms with van der Waals surface area (Å²) in [6.45, 7) is 8.68. The Morgan fingerprint density at radius 3 is 0.800 bits per heavy atom. The van der Waals surface area contributed by atoms with Crippen LogP contribution < -0.4 is 0 Å². The minimum Gasteiger partial charge on any atom is -0.245 e. The van der Waals surface area contributed by atoms with Gasteiger partial charge in [0.2, 0.25) is 0 Å². The van der Waals surface area contributed by atoms with Crippen LogP contribution in [0.1, 0.15) is 19.5 Å². The van der Waals surface area contributed by atoms with Crippen LogP contribution in [0, 0.1) is 27.7 Å². The van der Waals surface area contributed by atoms with Crippen molar-refractivity contribution in [1.82, 2.24) is 9.97 Å². The maximum Gasteiger partial charge on any atom is 0.0888 e. The van der Waals surface area contributed by atoms with E-state index in [1.54, 1.807) is 0 Å². The number of aryl methyl sites for hydroxylation is 4. The van der Waals surface area contributed by atoms with Gasteiger partial charge in [-0.1, -0.05) is 24.3 Å². The molecule has 0 aliphatic rings. The van der Waals surface area contributed by atoms with Gasteiger partial charge in [-0.3, -0.25) is 0 Å². The van der Waals surface area contributed by atoms with Gasteiger partial charge in [-0.05, 0) is 76.2 Å². The van der Waals surface area contributed by atoms with E-state index in [1.165, 1.54) is 71.3 Å². The average Bonchev–Trinajstić information content (AvgIpc) is 3.76. The molecule has 2 aromatic carbocycles. The third-order valence-corrected chi connectivity index (χ3v) is 11.6. The van der Waals surface area contributed by atoms with Crippen molar-refractivity contribution in [2.75, 3.05) is 0 Å². The summed E-state index contributed by atoms with van der Waals surface area (Å²) >= 11 is 7.27. The van der Waals surface area contributed by atoms with E-state index in [9.17, 15) is 0 Å². The van der Waals surface area contributed by atoms with Crippen LogP contribution in [0.4, 0.5) is 0 Å².